The number of hydrogen-bond acceptors (Lipinski definition) is 2. The Kier molecular flexibility index (Phi) is 5.12. The Morgan fingerprint density at radius 1 is 1.67 bits per heavy atom. The highest BCUT2D eigenvalue weighted by molar-refractivity contribution is 6.25. The molecule has 0 aromatic heterocycles. The molecule has 1 atom stereocenters. The Morgan fingerprint density at radius 3 is 3.00 bits per heavy atom. The van der Waals surface area contributed by atoms with E-state index in [1.165, 1.54) is 0 Å². The molecular weight excluding hydrogens is 214 g/mol. The maximum absolute atomic E-state index is 10.4. The van der Waals surface area contributed by atoms with Crippen LogP contribution in [0.25, 0.3) is 0 Å². The maximum Gasteiger partial charge on any atom is 0.303 e. The third-order valence-electron chi connectivity index (χ3n) is 2.80. The molecule has 1 aliphatic heterocycles. The van der Waals surface area contributed by atoms with E-state index >= 15 is 0 Å². The Morgan fingerprint density at radius 2 is 2.40 bits per heavy atom. The zero-order valence-corrected chi connectivity index (χ0v) is 9.83. The molecule has 0 spiro atoms. The van der Waals surface area contributed by atoms with E-state index in [4.69, 9.17) is 16.7 Å². The summed E-state index contributed by atoms with van der Waals surface area (Å²) in [4.78, 5) is 12.8. The first-order chi connectivity index (χ1) is 7.11. The lowest BCUT2D eigenvalue weighted by Gasteiger charge is -2.15. The van der Waals surface area contributed by atoms with Crippen LogP contribution in [0, 0.1) is 5.92 Å². The van der Waals surface area contributed by atoms with Gasteiger partial charge in [0, 0.05) is 25.0 Å². The number of aliphatic carboxylic acids is 1. The lowest BCUT2D eigenvalue weighted by atomic mass is 10.0. The fraction of sp³-hybridized carbons (Fsp3) is 0.727. The van der Waals surface area contributed by atoms with Gasteiger partial charge in [-0.05, 0) is 37.8 Å². The van der Waals surface area contributed by atoms with E-state index in [0.29, 0.717) is 12.3 Å². The minimum absolute atomic E-state index is 0.294. The van der Waals surface area contributed by atoms with Crippen molar-refractivity contribution < 1.29 is 9.90 Å². The minimum Gasteiger partial charge on any atom is -0.481 e. The number of rotatable bonds is 5. The zero-order valence-electron chi connectivity index (χ0n) is 9.08. The number of carboxylic acids is 1. The maximum atomic E-state index is 10.4. The number of hydrogen-bond donors (Lipinski definition) is 1. The summed E-state index contributed by atoms with van der Waals surface area (Å²) < 4.78 is 0. The predicted octanol–water partition coefficient (Wildman–Crippen LogP) is 2.32. The van der Waals surface area contributed by atoms with Crippen LogP contribution in [0.3, 0.4) is 0 Å². The molecule has 1 fully saturated rings. The number of nitrogens with zero attached hydrogens (tertiary/aromatic N) is 1. The van der Waals surface area contributed by atoms with Crippen LogP contribution in [0.15, 0.2) is 11.1 Å². The van der Waals surface area contributed by atoms with Crippen LogP contribution in [0.5, 0.6) is 0 Å². The molecular formula is C11H18ClNO2. The molecule has 1 saturated heterocycles. The van der Waals surface area contributed by atoms with Crippen LogP contribution in [0.2, 0.25) is 0 Å². The summed E-state index contributed by atoms with van der Waals surface area (Å²) in [6.07, 6.45) is 2.21. The third kappa shape index (κ3) is 4.67. The van der Waals surface area contributed by atoms with Gasteiger partial charge in [0.25, 0.3) is 0 Å². The van der Waals surface area contributed by atoms with Gasteiger partial charge in [-0.25, -0.2) is 0 Å². The molecule has 0 amide bonds. The standard InChI is InChI=1S/C11H18ClNO2/c1-9(6-12)7-13-5-4-10(8-13)2-3-11(14)15/h6,10H,2-5,7-8H2,1H3,(H,14,15). The first-order valence-electron chi connectivity index (χ1n) is 5.32. The molecule has 0 saturated carbocycles. The van der Waals surface area contributed by atoms with Gasteiger partial charge in [0.1, 0.15) is 0 Å². The summed E-state index contributed by atoms with van der Waals surface area (Å²) in [7, 11) is 0. The third-order valence-corrected chi connectivity index (χ3v) is 3.17. The van der Waals surface area contributed by atoms with Gasteiger partial charge >= 0.3 is 5.97 Å². The van der Waals surface area contributed by atoms with Crippen molar-refractivity contribution in [1.29, 1.82) is 0 Å². The highest BCUT2D eigenvalue weighted by atomic mass is 35.5. The Bertz CT molecular complexity index is 253. The second-order valence-corrected chi connectivity index (χ2v) is 4.50. The van der Waals surface area contributed by atoms with Crippen LogP contribution < -0.4 is 0 Å². The molecule has 15 heavy (non-hydrogen) atoms. The minimum atomic E-state index is -0.690. The molecule has 86 valence electrons. The fourth-order valence-corrected chi connectivity index (χ4v) is 2.08. The van der Waals surface area contributed by atoms with Crippen molar-refractivity contribution in [2.24, 2.45) is 5.92 Å². The number of halogens is 1. The van der Waals surface area contributed by atoms with Crippen LogP contribution in [-0.4, -0.2) is 35.6 Å². The smallest absolute Gasteiger partial charge is 0.303 e. The summed E-state index contributed by atoms with van der Waals surface area (Å²) in [5, 5.41) is 8.58. The quantitative estimate of drug-likeness (QED) is 0.790. The first kappa shape index (κ1) is 12.5. The lowest BCUT2D eigenvalue weighted by Crippen LogP contribution is -2.22. The molecule has 4 heteroatoms. The van der Waals surface area contributed by atoms with Crippen molar-refractivity contribution in [2.45, 2.75) is 26.2 Å². The summed E-state index contributed by atoms with van der Waals surface area (Å²) >= 11 is 5.60. The highest BCUT2D eigenvalue weighted by Gasteiger charge is 2.22. The molecule has 0 aromatic carbocycles. The summed E-state index contributed by atoms with van der Waals surface area (Å²) in [5.41, 5.74) is 2.78. The van der Waals surface area contributed by atoms with Crippen LogP contribution >= 0.6 is 11.6 Å². The van der Waals surface area contributed by atoms with Crippen molar-refractivity contribution in [3.8, 4) is 0 Å². The average molecular weight is 232 g/mol. The lowest BCUT2D eigenvalue weighted by molar-refractivity contribution is -0.137. The zero-order chi connectivity index (χ0) is 11.3. The molecule has 0 radical (unpaired) electrons. The van der Waals surface area contributed by atoms with Crippen LogP contribution in [0.1, 0.15) is 26.2 Å². The van der Waals surface area contributed by atoms with Crippen molar-refractivity contribution in [3.05, 3.63) is 11.1 Å². The van der Waals surface area contributed by atoms with Gasteiger partial charge in [-0.3, -0.25) is 9.69 Å². The van der Waals surface area contributed by atoms with E-state index in [-0.39, 0.29) is 0 Å². The molecule has 1 rings (SSSR count). The predicted molar refractivity (Wildman–Crippen MR) is 61.0 cm³/mol. The molecule has 1 heterocycles. The van der Waals surface area contributed by atoms with Crippen molar-refractivity contribution >= 4 is 17.6 Å². The van der Waals surface area contributed by atoms with Gasteiger partial charge in [-0.15, -0.1) is 0 Å². The molecule has 0 bridgehead atoms. The van der Waals surface area contributed by atoms with Crippen LogP contribution in [-0.2, 0) is 4.79 Å². The SMILES string of the molecule is CC(=CCl)CN1CCC(CCC(=O)O)C1. The van der Waals surface area contributed by atoms with E-state index < -0.39 is 5.97 Å². The Balaban J connectivity index is 2.23. The first-order valence-corrected chi connectivity index (χ1v) is 5.75. The van der Waals surface area contributed by atoms with E-state index in [1.807, 2.05) is 6.92 Å². The second kappa shape index (κ2) is 6.13. The monoisotopic (exact) mass is 231 g/mol. The van der Waals surface area contributed by atoms with E-state index in [9.17, 15) is 4.79 Å². The summed E-state index contributed by atoms with van der Waals surface area (Å²) in [6.45, 7) is 4.99. The normalized spacial score (nSPS) is 23.3. The van der Waals surface area contributed by atoms with Gasteiger partial charge in [0.2, 0.25) is 0 Å². The van der Waals surface area contributed by atoms with Gasteiger partial charge in [-0.1, -0.05) is 11.6 Å². The molecule has 0 aliphatic carbocycles. The molecule has 1 aliphatic rings. The van der Waals surface area contributed by atoms with Gasteiger partial charge in [-0.2, -0.15) is 0 Å². The Labute approximate surface area is 95.7 Å². The van der Waals surface area contributed by atoms with E-state index in [1.54, 1.807) is 5.54 Å². The van der Waals surface area contributed by atoms with Gasteiger partial charge in [0.05, 0.1) is 0 Å². The van der Waals surface area contributed by atoms with Crippen molar-refractivity contribution in [3.63, 3.8) is 0 Å². The van der Waals surface area contributed by atoms with Crippen molar-refractivity contribution in [2.75, 3.05) is 19.6 Å². The van der Waals surface area contributed by atoms with Crippen LogP contribution in [0.4, 0.5) is 0 Å². The summed E-state index contributed by atoms with van der Waals surface area (Å²) in [5.74, 6) is -0.144. The second-order valence-electron chi connectivity index (χ2n) is 4.28. The Hall–Kier alpha value is -0.540. The largest absolute Gasteiger partial charge is 0.481 e. The number of carboxylic acid groups (broad SMARTS) is 1. The molecule has 1 unspecified atom stereocenters. The highest BCUT2D eigenvalue weighted by Crippen LogP contribution is 2.21. The number of likely N-dealkylation sites (tertiary alicyclic amines) is 1. The fourth-order valence-electron chi connectivity index (χ4n) is 2.01. The van der Waals surface area contributed by atoms with Crippen molar-refractivity contribution in [1.82, 2.24) is 4.90 Å². The topological polar surface area (TPSA) is 40.5 Å². The summed E-state index contributed by atoms with van der Waals surface area (Å²) in [6, 6.07) is 0. The molecule has 0 aromatic rings. The van der Waals surface area contributed by atoms with Gasteiger partial charge < -0.3 is 5.11 Å². The number of carbonyl (C=O) groups is 1. The average Bonchev–Trinajstić information content (AvgIpc) is 2.62. The van der Waals surface area contributed by atoms with E-state index in [2.05, 4.69) is 4.90 Å². The van der Waals surface area contributed by atoms with Gasteiger partial charge in [0.15, 0.2) is 0 Å². The molecule has 1 N–H and O–H groups in total. The van der Waals surface area contributed by atoms with E-state index in [0.717, 1.165) is 38.0 Å². The molecule has 3 nitrogen and oxygen atoms in total.